The Balaban J connectivity index is 1.26. The number of hydrogen-bond acceptors (Lipinski definition) is 6. The van der Waals surface area contributed by atoms with Gasteiger partial charge in [-0.3, -0.25) is 15.2 Å². The van der Waals surface area contributed by atoms with Crippen LogP contribution >= 0.6 is 0 Å². The van der Waals surface area contributed by atoms with E-state index in [0.29, 0.717) is 12.5 Å². The first-order valence-corrected chi connectivity index (χ1v) is 11.3. The Bertz CT molecular complexity index is 1120. The summed E-state index contributed by atoms with van der Waals surface area (Å²) >= 11 is 0. The van der Waals surface area contributed by atoms with Gasteiger partial charge in [-0.15, -0.1) is 0 Å². The number of nitrogens with one attached hydrogen (secondary N) is 4. The lowest BCUT2D eigenvalue weighted by Gasteiger charge is -2.30. The number of benzene rings is 1. The van der Waals surface area contributed by atoms with Crippen LogP contribution in [0.2, 0.25) is 0 Å². The van der Waals surface area contributed by atoms with E-state index >= 15 is 0 Å². The van der Waals surface area contributed by atoms with E-state index in [1.54, 1.807) is 0 Å². The van der Waals surface area contributed by atoms with Crippen molar-refractivity contribution in [2.45, 2.75) is 18.8 Å². The summed E-state index contributed by atoms with van der Waals surface area (Å²) < 4.78 is 0. The number of carbonyl (C=O) groups is 1. The Morgan fingerprint density at radius 1 is 1.19 bits per heavy atom. The maximum atomic E-state index is 13.0. The highest BCUT2D eigenvalue weighted by Gasteiger charge is 2.33. The molecule has 9 nitrogen and oxygen atoms in total. The Labute approximate surface area is 186 Å². The molecule has 2 aromatic rings. The number of H-pyrrole nitrogens is 1. The minimum absolute atomic E-state index is 0.0870. The maximum Gasteiger partial charge on any atom is 0.254 e. The van der Waals surface area contributed by atoms with E-state index in [2.05, 4.69) is 43.0 Å². The summed E-state index contributed by atoms with van der Waals surface area (Å²) in [4.78, 5) is 22.7. The van der Waals surface area contributed by atoms with Crippen LogP contribution in [-0.2, 0) is 0 Å². The van der Waals surface area contributed by atoms with Gasteiger partial charge in [-0.1, -0.05) is 6.07 Å². The third-order valence-corrected chi connectivity index (χ3v) is 6.38. The number of amidine groups is 1. The molecule has 0 radical (unpaired) electrons. The molecule has 0 bridgehead atoms. The smallest absolute Gasteiger partial charge is 0.254 e. The lowest BCUT2D eigenvalue weighted by molar-refractivity contribution is -0.698. The SMILES string of the molecule is O=C(c1cccc(N2C=C(Nc3cc(C4CC4)[nH]n3)[NH+]3C=CN=C3C2)c1)N1CCNCC1. The molecule has 2 fully saturated rings. The summed E-state index contributed by atoms with van der Waals surface area (Å²) in [7, 11) is 0. The van der Waals surface area contributed by atoms with Crippen LogP contribution < -0.4 is 20.4 Å². The second-order valence-corrected chi connectivity index (χ2v) is 8.68. The molecule has 4 N–H and O–H groups in total. The third-order valence-electron chi connectivity index (χ3n) is 6.38. The number of piperazine rings is 1. The number of rotatable bonds is 5. The molecule has 6 rings (SSSR count). The summed E-state index contributed by atoms with van der Waals surface area (Å²) in [6.07, 6.45) is 8.43. The largest absolute Gasteiger partial charge is 0.336 e. The van der Waals surface area contributed by atoms with Gasteiger partial charge in [-0.05, 0) is 31.0 Å². The van der Waals surface area contributed by atoms with Crippen LogP contribution in [0, 0.1) is 0 Å². The fourth-order valence-corrected chi connectivity index (χ4v) is 4.45. The average Bonchev–Trinajstić information content (AvgIpc) is 3.39. The number of quaternary nitrogens is 1. The molecule has 0 spiro atoms. The highest BCUT2D eigenvalue weighted by atomic mass is 16.2. The number of aliphatic imine (C=N–C) groups is 1. The van der Waals surface area contributed by atoms with Gasteiger partial charge in [0.15, 0.2) is 5.82 Å². The van der Waals surface area contributed by atoms with Crippen molar-refractivity contribution in [3.05, 3.63) is 66.0 Å². The molecule has 9 heteroatoms. The van der Waals surface area contributed by atoms with Crippen LogP contribution in [0.25, 0.3) is 0 Å². The lowest BCUT2D eigenvalue weighted by Crippen LogP contribution is -3.10. The fourth-order valence-electron chi connectivity index (χ4n) is 4.45. The molecule has 1 aromatic heterocycles. The van der Waals surface area contributed by atoms with E-state index in [-0.39, 0.29) is 5.91 Å². The van der Waals surface area contributed by atoms with Gasteiger partial charge in [0, 0.05) is 55.1 Å². The number of fused-ring (bicyclic) bond motifs is 1. The summed E-state index contributed by atoms with van der Waals surface area (Å²) in [5.41, 5.74) is 2.88. The molecule has 4 heterocycles. The van der Waals surface area contributed by atoms with Gasteiger partial charge in [0.05, 0.1) is 12.4 Å². The molecular weight excluding hydrogens is 404 g/mol. The molecule has 32 heavy (non-hydrogen) atoms. The Kier molecular flexibility index (Phi) is 4.77. The Morgan fingerprint density at radius 3 is 2.91 bits per heavy atom. The maximum absolute atomic E-state index is 13.0. The van der Waals surface area contributed by atoms with Gasteiger partial charge in [0.1, 0.15) is 12.7 Å². The molecule has 1 aliphatic carbocycles. The predicted molar refractivity (Wildman–Crippen MR) is 122 cm³/mol. The van der Waals surface area contributed by atoms with Crippen molar-refractivity contribution in [1.29, 1.82) is 0 Å². The highest BCUT2D eigenvalue weighted by molar-refractivity contribution is 5.95. The van der Waals surface area contributed by atoms with Crippen molar-refractivity contribution in [1.82, 2.24) is 20.4 Å². The molecule has 1 amide bonds. The molecule has 1 saturated heterocycles. The molecule has 3 aliphatic heterocycles. The van der Waals surface area contributed by atoms with Crippen molar-refractivity contribution >= 4 is 23.2 Å². The van der Waals surface area contributed by atoms with E-state index < -0.39 is 0 Å². The first-order valence-electron chi connectivity index (χ1n) is 11.3. The highest BCUT2D eigenvalue weighted by Crippen LogP contribution is 2.39. The van der Waals surface area contributed by atoms with Gasteiger partial charge < -0.3 is 15.1 Å². The molecule has 1 atom stereocenters. The lowest BCUT2D eigenvalue weighted by atomic mass is 10.1. The number of carbonyl (C=O) groups excluding carboxylic acids is 1. The molecule has 4 aliphatic rings. The van der Waals surface area contributed by atoms with Gasteiger partial charge >= 0.3 is 0 Å². The molecule has 164 valence electrons. The standard InChI is InChI=1S/C23H26N8O/c32-23(29-9-6-24-7-10-29)17-2-1-3-18(12-17)30-14-21-25-8-11-31(21)22(15-30)26-20-13-19(27-28-20)16-4-5-16/h1-3,8,11-13,15-16,24H,4-7,9-10,14H2,(H2,26,27,28)/p+1. The summed E-state index contributed by atoms with van der Waals surface area (Å²) in [6.45, 7) is 3.83. The Morgan fingerprint density at radius 2 is 2.06 bits per heavy atom. The Hall–Kier alpha value is -3.43. The van der Waals surface area contributed by atoms with Crippen LogP contribution in [0.15, 0.2) is 59.7 Å². The first kappa shape index (κ1) is 19.3. The molecule has 1 unspecified atom stereocenters. The van der Waals surface area contributed by atoms with Gasteiger partial charge in [0.25, 0.3) is 5.91 Å². The molecular formula is C23H27N8O+. The first-order chi connectivity index (χ1) is 15.7. The van der Waals surface area contributed by atoms with E-state index in [1.165, 1.54) is 18.5 Å². The predicted octanol–water partition coefficient (Wildman–Crippen LogP) is 0.832. The minimum atomic E-state index is 0.0870. The van der Waals surface area contributed by atoms with Crippen LogP contribution in [0.5, 0.6) is 0 Å². The minimum Gasteiger partial charge on any atom is -0.336 e. The van der Waals surface area contributed by atoms with Crippen molar-refractivity contribution in [3.8, 4) is 0 Å². The molecule has 1 aromatic carbocycles. The van der Waals surface area contributed by atoms with E-state index in [1.807, 2.05) is 41.6 Å². The van der Waals surface area contributed by atoms with Crippen molar-refractivity contribution in [2.75, 3.05) is 42.9 Å². The normalized spacial score (nSPS) is 22.4. The number of aromatic nitrogens is 2. The second-order valence-electron chi connectivity index (χ2n) is 8.68. The van der Waals surface area contributed by atoms with E-state index in [0.717, 1.165) is 59.8 Å². The molecule has 1 saturated carbocycles. The van der Waals surface area contributed by atoms with Crippen molar-refractivity contribution < 1.29 is 9.69 Å². The number of aromatic amines is 1. The van der Waals surface area contributed by atoms with Crippen LogP contribution in [0.3, 0.4) is 0 Å². The van der Waals surface area contributed by atoms with Gasteiger partial charge in [-0.25, -0.2) is 9.89 Å². The number of nitrogens with zero attached hydrogens (tertiary/aromatic N) is 4. The average molecular weight is 432 g/mol. The van der Waals surface area contributed by atoms with Crippen molar-refractivity contribution in [2.24, 2.45) is 4.99 Å². The van der Waals surface area contributed by atoms with Crippen molar-refractivity contribution in [3.63, 3.8) is 0 Å². The quantitative estimate of drug-likeness (QED) is 0.563. The van der Waals surface area contributed by atoms with Gasteiger partial charge in [-0.2, -0.15) is 5.10 Å². The number of anilines is 2. The van der Waals surface area contributed by atoms with Crippen LogP contribution in [-0.4, -0.2) is 59.6 Å². The zero-order valence-corrected chi connectivity index (χ0v) is 17.8. The fraction of sp³-hybridized carbons (Fsp3) is 0.348. The second kappa shape index (κ2) is 7.92. The zero-order chi connectivity index (χ0) is 21.5. The number of hydrogen-bond donors (Lipinski definition) is 4. The monoisotopic (exact) mass is 431 g/mol. The number of amides is 1. The third kappa shape index (κ3) is 3.69. The summed E-state index contributed by atoms with van der Waals surface area (Å²) in [5, 5.41) is 14.4. The van der Waals surface area contributed by atoms with E-state index in [4.69, 9.17) is 0 Å². The van der Waals surface area contributed by atoms with Crippen LogP contribution in [0.1, 0.15) is 34.8 Å². The summed E-state index contributed by atoms with van der Waals surface area (Å²) in [6, 6.07) is 9.97. The van der Waals surface area contributed by atoms with Crippen LogP contribution in [0.4, 0.5) is 11.5 Å². The van der Waals surface area contributed by atoms with E-state index in [9.17, 15) is 4.79 Å². The topological polar surface area (TPSA) is 93.1 Å². The zero-order valence-electron chi connectivity index (χ0n) is 17.8. The summed E-state index contributed by atoms with van der Waals surface area (Å²) in [5.74, 6) is 3.49. The van der Waals surface area contributed by atoms with Gasteiger partial charge in [0.2, 0.25) is 11.7 Å².